The van der Waals surface area contributed by atoms with Gasteiger partial charge in [-0.15, -0.1) is 0 Å². The molecule has 0 atom stereocenters. The lowest BCUT2D eigenvalue weighted by molar-refractivity contribution is 0.0980. The van der Waals surface area contributed by atoms with E-state index < -0.39 is 0 Å². The van der Waals surface area contributed by atoms with E-state index in [9.17, 15) is 9.90 Å². The van der Waals surface area contributed by atoms with Crippen LogP contribution in [0, 0.1) is 0 Å². The summed E-state index contributed by atoms with van der Waals surface area (Å²) in [6.45, 7) is 0.604. The third kappa shape index (κ3) is 2.14. The number of phenolic OH excluding ortho intramolecular Hbond substituents is 1. The third-order valence-electron chi connectivity index (χ3n) is 3.47. The van der Waals surface area contributed by atoms with Crippen molar-refractivity contribution in [1.82, 2.24) is 0 Å². The third-order valence-corrected chi connectivity index (χ3v) is 3.96. The van der Waals surface area contributed by atoms with Gasteiger partial charge in [0.15, 0.2) is 0 Å². The Morgan fingerprint density at radius 1 is 1.20 bits per heavy atom. The molecule has 0 bridgehead atoms. The van der Waals surface area contributed by atoms with Crippen LogP contribution in [0.1, 0.15) is 15.9 Å². The molecule has 1 aliphatic rings. The lowest BCUT2D eigenvalue weighted by Gasteiger charge is -2.29. The molecule has 0 radical (unpaired) electrons. The molecule has 3 rings (SSSR count). The van der Waals surface area contributed by atoms with Crippen LogP contribution in [-0.2, 0) is 6.42 Å². The molecule has 20 heavy (non-hydrogen) atoms. The van der Waals surface area contributed by atoms with Crippen molar-refractivity contribution in [3.63, 3.8) is 0 Å². The van der Waals surface area contributed by atoms with Crippen LogP contribution in [0.5, 0.6) is 5.75 Å². The Hall–Kier alpha value is -2.01. The largest absolute Gasteiger partial charge is 0.506 e. The molecule has 5 heteroatoms. The monoisotopic (exact) mass is 332 g/mol. The van der Waals surface area contributed by atoms with Crippen LogP contribution >= 0.6 is 15.9 Å². The molecule has 0 fully saturated rings. The zero-order chi connectivity index (χ0) is 14.3. The second kappa shape index (κ2) is 4.83. The van der Waals surface area contributed by atoms with Crippen molar-refractivity contribution in [1.29, 1.82) is 0 Å². The molecular formula is C15H13BrN2O2. The van der Waals surface area contributed by atoms with Crippen LogP contribution in [0.15, 0.2) is 40.9 Å². The average Bonchev–Trinajstić information content (AvgIpc) is 2.42. The van der Waals surface area contributed by atoms with Crippen molar-refractivity contribution in [3.8, 4) is 5.75 Å². The topological polar surface area (TPSA) is 66.6 Å². The number of benzene rings is 2. The van der Waals surface area contributed by atoms with Crippen molar-refractivity contribution in [2.24, 2.45) is 0 Å². The first-order chi connectivity index (χ1) is 9.56. The first-order valence-electron chi connectivity index (χ1n) is 6.25. The number of rotatable bonds is 1. The predicted molar refractivity (Wildman–Crippen MR) is 82.0 cm³/mol. The molecule has 0 saturated carbocycles. The minimum absolute atomic E-state index is 0.0301. The number of carbonyl (C=O) groups is 1. The summed E-state index contributed by atoms with van der Waals surface area (Å²) >= 11 is 3.42. The van der Waals surface area contributed by atoms with Crippen LogP contribution in [0.3, 0.4) is 0 Å². The van der Waals surface area contributed by atoms with Gasteiger partial charge in [-0.05, 0) is 48.4 Å². The Morgan fingerprint density at radius 2 is 2.00 bits per heavy atom. The minimum atomic E-state index is -0.0381. The van der Waals surface area contributed by atoms with Gasteiger partial charge in [0.2, 0.25) is 0 Å². The average molecular weight is 333 g/mol. The Bertz CT molecular complexity index is 700. The zero-order valence-corrected chi connectivity index (χ0v) is 12.2. The van der Waals surface area contributed by atoms with E-state index in [0.29, 0.717) is 17.8 Å². The van der Waals surface area contributed by atoms with Gasteiger partial charge in [0, 0.05) is 22.3 Å². The van der Waals surface area contributed by atoms with Gasteiger partial charge in [0.1, 0.15) is 5.75 Å². The summed E-state index contributed by atoms with van der Waals surface area (Å²) in [5, 5.41) is 9.46. The van der Waals surface area contributed by atoms with Crippen molar-refractivity contribution in [3.05, 3.63) is 52.0 Å². The number of hydrogen-bond donors (Lipinski definition) is 2. The maximum Gasteiger partial charge on any atom is 0.258 e. The Morgan fingerprint density at radius 3 is 2.75 bits per heavy atom. The van der Waals surface area contributed by atoms with E-state index in [1.165, 1.54) is 6.07 Å². The van der Waals surface area contributed by atoms with Crippen LogP contribution in [0.25, 0.3) is 0 Å². The van der Waals surface area contributed by atoms with Crippen LogP contribution in [-0.4, -0.2) is 17.6 Å². The smallest absolute Gasteiger partial charge is 0.258 e. The number of phenols is 1. The molecule has 1 heterocycles. The van der Waals surface area contributed by atoms with Gasteiger partial charge < -0.3 is 15.7 Å². The molecule has 102 valence electrons. The number of amides is 1. The number of aromatic hydroxyl groups is 1. The minimum Gasteiger partial charge on any atom is -0.506 e. The van der Waals surface area contributed by atoms with Crippen molar-refractivity contribution < 1.29 is 9.90 Å². The molecule has 0 aliphatic carbocycles. The summed E-state index contributed by atoms with van der Waals surface area (Å²) in [5.74, 6) is -0.00798. The number of halogens is 1. The van der Waals surface area contributed by atoms with E-state index in [1.54, 1.807) is 17.0 Å². The van der Waals surface area contributed by atoms with E-state index >= 15 is 0 Å². The molecule has 2 aromatic carbocycles. The molecule has 0 unspecified atom stereocenters. The first-order valence-corrected chi connectivity index (χ1v) is 7.04. The first kappa shape index (κ1) is 13.0. The Balaban J connectivity index is 1.99. The summed E-state index contributed by atoms with van der Waals surface area (Å²) in [6.07, 6.45) is 0.793. The number of hydrogen-bond acceptors (Lipinski definition) is 3. The van der Waals surface area contributed by atoms with Gasteiger partial charge in [-0.3, -0.25) is 4.79 Å². The highest BCUT2D eigenvalue weighted by atomic mass is 79.9. The van der Waals surface area contributed by atoms with E-state index in [2.05, 4.69) is 15.9 Å². The van der Waals surface area contributed by atoms with Crippen molar-refractivity contribution in [2.45, 2.75) is 6.42 Å². The maximum atomic E-state index is 12.5. The zero-order valence-electron chi connectivity index (χ0n) is 10.6. The highest BCUT2D eigenvalue weighted by Crippen LogP contribution is 2.30. The highest BCUT2D eigenvalue weighted by Gasteiger charge is 2.25. The summed E-state index contributed by atoms with van der Waals surface area (Å²) in [7, 11) is 0. The van der Waals surface area contributed by atoms with Crippen LogP contribution < -0.4 is 10.6 Å². The molecule has 4 nitrogen and oxygen atoms in total. The van der Waals surface area contributed by atoms with Crippen LogP contribution in [0.4, 0.5) is 11.4 Å². The number of carbonyl (C=O) groups excluding carboxylic acids is 1. The number of fused-ring (bicyclic) bond motifs is 1. The molecule has 1 amide bonds. The van der Waals surface area contributed by atoms with Gasteiger partial charge in [-0.1, -0.05) is 15.9 Å². The molecule has 1 aliphatic heterocycles. The molecule has 0 aromatic heterocycles. The normalized spacial score (nSPS) is 14.2. The van der Waals surface area contributed by atoms with Gasteiger partial charge >= 0.3 is 0 Å². The summed E-state index contributed by atoms with van der Waals surface area (Å²) in [4.78, 5) is 14.2. The fourth-order valence-corrected chi connectivity index (χ4v) is 2.82. The predicted octanol–water partition coefficient (Wildman–Crippen LogP) is 2.94. The van der Waals surface area contributed by atoms with E-state index in [4.69, 9.17) is 5.73 Å². The fourth-order valence-electron chi connectivity index (χ4n) is 2.41. The molecule has 3 N–H and O–H groups in total. The lowest BCUT2D eigenvalue weighted by Crippen LogP contribution is -2.37. The SMILES string of the molecule is Nc1cc(N2CCc3cc(Br)ccc3C2=O)ccc1O. The maximum absolute atomic E-state index is 12.5. The molecule has 0 saturated heterocycles. The lowest BCUT2D eigenvalue weighted by atomic mass is 9.98. The summed E-state index contributed by atoms with van der Waals surface area (Å²) in [6, 6.07) is 10.5. The van der Waals surface area contributed by atoms with Gasteiger partial charge in [0.05, 0.1) is 5.69 Å². The van der Waals surface area contributed by atoms with Gasteiger partial charge in [-0.25, -0.2) is 0 Å². The number of nitrogens with two attached hydrogens (primary N) is 1. The molecule has 0 spiro atoms. The number of nitrogen functional groups attached to an aromatic ring is 1. The number of anilines is 2. The van der Waals surface area contributed by atoms with Crippen LogP contribution in [0.2, 0.25) is 0 Å². The Labute approximate surface area is 125 Å². The standard InChI is InChI=1S/C15H13BrN2O2/c16-10-1-3-12-9(7-10)5-6-18(15(12)20)11-2-4-14(19)13(17)8-11/h1-4,7-8,19H,5-6,17H2. The quantitative estimate of drug-likeness (QED) is 0.623. The number of nitrogens with zero attached hydrogens (tertiary/aromatic N) is 1. The second-order valence-corrected chi connectivity index (χ2v) is 5.67. The Kier molecular flexibility index (Phi) is 3.14. The summed E-state index contributed by atoms with van der Waals surface area (Å²) < 4.78 is 0.978. The fraction of sp³-hybridized carbons (Fsp3) is 0.133. The molecule has 2 aromatic rings. The van der Waals surface area contributed by atoms with Gasteiger partial charge in [0.25, 0.3) is 5.91 Å². The van der Waals surface area contributed by atoms with E-state index in [0.717, 1.165) is 16.5 Å². The van der Waals surface area contributed by atoms with Gasteiger partial charge in [-0.2, -0.15) is 0 Å². The van der Waals surface area contributed by atoms with Crippen molar-refractivity contribution in [2.75, 3.05) is 17.2 Å². The second-order valence-electron chi connectivity index (χ2n) is 4.75. The van der Waals surface area contributed by atoms with E-state index in [-0.39, 0.29) is 17.3 Å². The molecular weight excluding hydrogens is 320 g/mol. The highest BCUT2D eigenvalue weighted by molar-refractivity contribution is 9.10. The summed E-state index contributed by atoms with van der Waals surface area (Å²) in [5.41, 5.74) is 8.44. The van der Waals surface area contributed by atoms with Crippen molar-refractivity contribution >= 4 is 33.2 Å². The van der Waals surface area contributed by atoms with E-state index in [1.807, 2.05) is 18.2 Å².